The van der Waals surface area contributed by atoms with Crippen molar-refractivity contribution in [1.82, 2.24) is 4.90 Å². The van der Waals surface area contributed by atoms with Crippen LogP contribution < -0.4 is 0 Å². The number of fused-ring (bicyclic) bond motifs is 1. The highest BCUT2D eigenvalue weighted by Crippen LogP contribution is 2.25. The van der Waals surface area contributed by atoms with Crippen LogP contribution in [0.25, 0.3) is 11.0 Å². The topological polar surface area (TPSA) is 93.9 Å². The standard InChI is InChI=1S/C20H25NO6S/c1-13(2)10-21(15-8-9-28(24,25)12-15)18(22)11-26-20(23)19-14(3)16-6-4-5-7-17(16)27-19/h4-7,13,15H,8-12H2,1-3H3/t15-/m1/s1. The number of carbonyl (C=O) groups is 2. The predicted octanol–water partition coefficient (Wildman–Crippen LogP) is 2.57. The molecule has 0 unspecified atom stereocenters. The maximum Gasteiger partial charge on any atom is 0.375 e. The van der Waals surface area contributed by atoms with Gasteiger partial charge in [-0.1, -0.05) is 32.0 Å². The van der Waals surface area contributed by atoms with Crippen molar-refractivity contribution in [3.63, 3.8) is 0 Å². The first-order valence-corrected chi connectivity index (χ1v) is 11.1. The van der Waals surface area contributed by atoms with Crippen LogP contribution in [0, 0.1) is 12.8 Å². The lowest BCUT2D eigenvalue weighted by molar-refractivity contribution is -0.137. The van der Waals surface area contributed by atoms with Gasteiger partial charge in [-0.25, -0.2) is 13.2 Å². The van der Waals surface area contributed by atoms with Crippen LogP contribution in [-0.4, -0.2) is 55.9 Å². The highest BCUT2D eigenvalue weighted by Gasteiger charge is 2.35. The van der Waals surface area contributed by atoms with Crippen LogP contribution in [0.15, 0.2) is 28.7 Å². The maximum atomic E-state index is 12.7. The van der Waals surface area contributed by atoms with E-state index in [4.69, 9.17) is 9.15 Å². The number of hydrogen-bond acceptors (Lipinski definition) is 6. The van der Waals surface area contributed by atoms with Crippen LogP contribution in [0.5, 0.6) is 0 Å². The van der Waals surface area contributed by atoms with Gasteiger partial charge in [-0.05, 0) is 25.3 Å². The number of nitrogens with zero attached hydrogens (tertiary/aromatic N) is 1. The van der Waals surface area contributed by atoms with Gasteiger partial charge in [0, 0.05) is 23.5 Å². The van der Waals surface area contributed by atoms with E-state index in [2.05, 4.69) is 0 Å². The average molecular weight is 407 g/mol. The van der Waals surface area contributed by atoms with Gasteiger partial charge >= 0.3 is 5.97 Å². The highest BCUT2D eigenvalue weighted by atomic mass is 32.2. The van der Waals surface area contributed by atoms with E-state index in [1.54, 1.807) is 13.0 Å². The lowest BCUT2D eigenvalue weighted by atomic mass is 10.1. The first-order chi connectivity index (χ1) is 13.2. The SMILES string of the molecule is Cc1c(C(=O)OCC(=O)N(CC(C)C)[C@@H]2CCS(=O)(=O)C2)oc2ccccc12. The molecular formula is C20H25NO6S. The fraction of sp³-hybridized carbons (Fsp3) is 0.500. The summed E-state index contributed by atoms with van der Waals surface area (Å²) in [4.78, 5) is 26.7. The van der Waals surface area contributed by atoms with Crippen molar-refractivity contribution >= 4 is 32.7 Å². The van der Waals surface area contributed by atoms with Gasteiger partial charge in [0.2, 0.25) is 5.76 Å². The monoisotopic (exact) mass is 407 g/mol. The number of aryl methyl sites for hydroxylation is 1. The molecular weight excluding hydrogens is 382 g/mol. The summed E-state index contributed by atoms with van der Waals surface area (Å²) in [5.74, 6) is -0.809. The van der Waals surface area contributed by atoms with E-state index in [0.29, 0.717) is 24.1 Å². The molecule has 0 N–H and O–H groups in total. The number of benzene rings is 1. The fourth-order valence-electron chi connectivity index (χ4n) is 3.51. The predicted molar refractivity (Wildman–Crippen MR) is 105 cm³/mol. The van der Waals surface area contributed by atoms with Gasteiger partial charge in [-0.3, -0.25) is 4.79 Å². The zero-order valence-corrected chi connectivity index (χ0v) is 17.1. The van der Waals surface area contributed by atoms with Gasteiger partial charge in [-0.15, -0.1) is 0 Å². The summed E-state index contributed by atoms with van der Waals surface area (Å²) in [7, 11) is -3.12. The van der Waals surface area contributed by atoms with Crippen molar-refractivity contribution in [2.45, 2.75) is 33.2 Å². The number of hydrogen-bond donors (Lipinski definition) is 0. The third kappa shape index (κ3) is 4.38. The van der Waals surface area contributed by atoms with E-state index in [-0.39, 0.29) is 29.2 Å². The Morgan fingerprint density at radius 1 is 1.29 bits per heavy atom. The van der Waals surface area contributed by atoms with Gasteiger partial charge in [0.05, 0.1) is 11.5 Å². The second kappa shape index (κ2) is 7.95. The summed E-state index contributed by atoms with van der Waals surface area (Å²) in [6.45, 7) is 5.64. The molecule has 2 heterocycles. The Kier molecular flexibility index (Phi) is 5.79. The summed E-state index contributed by atoms with van der Waals surface area (Å²) < 4.78 is 34.4. The molecule has 1 aromatic carbocycles. The minimum atomic E-state index is -3.12. The normalized spacial score (nSPS) is 18.5. The lowest BCUT2D eigenvalue weighted by Gasteiger charge is -2.29. The molecule has 0 aliphatic carbocycles. The van der Waals surface area contributed by atoms with Gasteiger partial charge in [-0.2, -0.15) is 0 Å². The molecule has 7 nitrogen and oxygen atoms in total. The van der Waals surface area contributed by atoms with Crippen LogP contribution >= 0.6 is 0 Å². The minimum absolute atomic E-state index is 0.0396. The molecule has 1 fully saturated rings. The second-order valence-electron chi connectivity index (χ2n) is 7.63. The molecule has 1 aliphatic rings. The van der Waals surface area contributed by atoms with Crippen molar-refractivity contribution in [2.75, 3.05) is 24.7 Å². The molecule has 0 radical (unpaired) electrons. The molecule has 1 aliphatic heterocycles. The van der Waals surface area contributed by atoms with E-state index in [1.807, 2.05) is 32.0 Å². The van der Waals surface area contributed by atoms with Crippen LogP contribution in [-0.2, 0) is 19.4 Å². The van der Waals surface area contributed by atoms with Crippen molar-refractivity contribution in [3.05, 3.63) is 35.6 Å². The average Bonchev–Trinajstić information content (AvgIpc) is 3.17. The van der Waals surface area contributed by atoms with Gasteiger partial charge in [0.15, 0.2) is 16.4 Å². The van der Waals surface area contributed by atoms with E-state index < -0.39 is 28.3 Å². The second-order valence-corrected chi connectivity index (χ2v) is 9.85. The van der Waals surface area contributed by atoms with Gasteiger partial charge < -0.3 is 14.1 Å². The third-order valence-electron chi connectivity index (χ3n) is 4.89. The molecule has 0 spiro atoms. The number of ether oxygens (including phenoxy) is 1. The summed E-state index contributed by atoms with van der Waals surface area (Å²) in [5.41, 5.74) is 1.24. The van der Waals surface area contributed by atoms with E-state index >= 15 is 0 Å². The molecule has 1 saturated heterocycles. The van der Waals surface area contributed by atoms with E-state index in [0.717, 1.165) is 5.39 Å². The number of carbonyl (C=O) groups excluding carboxylic acids is 2. The number of sulfone groups is 1. The summed E-state index contributed by atoms with van der Waals surface area (Å²) in [6.07, 6.45) is 0.414. The smallest absolute Gasteiger partial charge is 0.375 e. The zero-order valence-electron chi connectivity index (χ0n) is 16.3. The summed E-state index contributed by atoms with van der Waals surface area (Å²) >= 11 is 0. The molecule has 1 amide bonds. The maximum absolute atomic E-state index is 12.7. The zero-order chi connectivity index (χ0) is 20.5. The van der Waals surface area contributed by atoms with E-state index in [9.17, 15) is 18.0 Å². The van der Waals surface area contributed by atoms with Crippen LogP contribution in [0.4, 0.5) is 0 Å². The largest absolute Gasteiger partial charge is 0.450 e. The van der Waals surface area contributed by atoms with Crippen molar-refractivity contribution in [3.8, 4) is 0 Å². The van der Waals surface area contributed by atoms with Crippen LogP contribution in [0.2, 0.25) is 0 Å². The first-order valence-electron chi connectivity index (χ1n) is 9.33. The fourth-order valence-corrected chi connectivity index (χ4v) is 5.24. The first kappa shape index (κ1) is 20.4. The number of rotatable bonds is 6. The number of esters is 1. The minimum Gasteiger partial charge on any atom is -0.450 e. The van der Waals surface area contributed by atoms with Crippen molar-refractivity contribution in [1.29, 1.82) is 0 Å². The molecule has 1 aromatic heterocycles. The molecule has 3 rings (SSSR count). The Balaban J connectivity index is 1.69. The van der Waals surface area contributed by atoms with Crippen molar-refractivity contribution < 1.29 is 27.2 Å². The van der Waals surface area contributed by atoms with Crippen molar-refractivity contribution in [2.24, 2.45) is 5.92 Å². The number of furan rings is 1. The Morgan fingerprint density at radius 3 is 2.61 bits per heavy atom. The Labute approximate surface area is 164 Å². The molecule has 2 aromatic rings. The van der Waals surface area contributed by atoms with E-state index in [1.165, 1.54) is 4.90 Å². The Hall–Kier alpha value is -2.35. The molecule has 1 atom stereocenters. The molecule has 28 heavy (non-hydrogen) atoms. The van der Waals surface area contributed by atoms with Crippen LogP contribution in [0.3, 0.4) is 0 Å². The van der Waals surface area contributed by atoms with Gasteiger partial charge in [0.25, 0.3) is 5.91 Å². The Bertz CT molecular complexity index is 991. The Morgan fingerprint density at radius 2 is 2.00 bits per heavy atom. The lowest BCUT2D eigenvalue weighted by Crippen LogP contribution is -2.45. The summed E-state index contributed by atoms with van der Waals surface area (Å²) in [6, 6.07) is 6.90. The summed E-state index contributed by atoms with van der Waals surface area (Å²) in [5, 5.41) is 0.818. The number of para-hydroxylation sites is 1. The third-order valence-corrected chi connectivity index (χ3v) is 6.64. The number of amides is 1. The highest BCUT2D eigenvalue weighted by molar-refractivity contribution is 7.91. The molecule has 8 heteroatoms. The molecule has 0 saturated carbocycles. The quantitative estimate of drug-likeness (QED) is 0.683. The van der Waals surface area contributed by atoms with Gasteiger partial charge in [0.1, 0.15) is 5.58 Å². The molecule has 0 bridgehead atoms. The molecule has 152 valence electrons. The van der Waals surface area contributed by atoms with Crippen LogP contribution in [0.1, 0.15) is 36.4 Å².